The zero-order valence-electron chi connectivity index (χ0n) is 19.5. The molecule has 0 fully saturated rings. The Balaban J connectivity index is 1.87. The second-order valence-corrected chi connectivity index (χ2v) is 9.63. The van der Waals surface area contributed by atoms with E-state index in [1.807, 2.05) is 0 Å². The monoisotopic (exact) mass is 524 g/mol. The number of nitrogens with one attached hydrogen (secondary N) is 2. The normalized spacial score (nSPS) is 12.4. The van der Waals surface area contributed by atoms with Crippen molar-refractivity contribution in [3.8, 4) is 17.0 Å². The van der Waals surface area contributed by atoms with Gasteiger partial charge in [0.15, 0.2) is 5.82 Å². The van der Waals surface area contributed by atoms with Crippen molar-refractivity contribution in [3.63, 3.8) is 0 Å². The molecule has 13 heteroatoms. The van der Waals surface area contributed by atoms with Crippen LogP contribution in [-0.4, -0.2) is 59.3 Å². The number of halogens is 3. The van der Waals surface area contributed by atoms with Crippen LogP contribution in [-0.2, 0) is 19.2 Å². The molecule has 1 unspecified atom stereocenters. The number of hydrogen-bond donors (Lipinski definition) is 2. The van der Waals surface area contributed by atoms with Crippen LogP contribution in [0.5, 0.6) is 5.75 Å². The number of methoxy groups -OCH3 is 2. The number of aromatic nitrogens is 2. The number of hydrogen-bond acceptors (Lipinski definition) is 8. The van der Waals surface area contributed by atoms with Crippen LogP contribution >= 0.6 is 0 Å². The standard InChI is InChI=1S/C23H23F3N4O5S/c1-33-6-7-35-23(31)30-36(3,32)13-14-8-16(25)10-17(9-14)28-22-27-12-19(26)21(29-22)18-5-4-15(24)11-20(18)34-2/h4-5,8-13H,6-7H2,1-3H3,(H,27,28,29)(H,30,31,32). The highest BCUT2D eigenvalue weighted by Crippen LogP contribution is 2.31. The molecule has 0 bridgehead atoms. The van der Waals surface area contributed by atoms with E-state index in [0.29, 0.717) is 0 Å². The zero-order valence-corrected chi connectivity index (χ0v) is 20.3. The Morgan fingerprint density at radius 3 is 2.58 bits per heavy atom. The van der Waals surface area contributed by atoms with Gasteiger partial charge in [-0.2, -0.15) is 0 Å². The average Bonchev–Trinajstić information content (AvgIpc) is 2.79. The molecule has 192 valence electrons. The highest BCUT2D eigenvalue weighted by atomic mass is 32.2. The lowest BCUT2D eigenvalue weighted by atomic mass is 10.1. The van der Waals surface area contributed by atoms with E-state index in [9.17, 15) is 22.2 Å². The second kappa shape index (κ2) is 11.7. The topological polar surface area (TPSA) is 112 Å². The number of nitrogens with zero attached hydrogens (tertiary/aromatic N) is 2. The summed E-state index contributed by atoms with van der Waals surface area (Å²) >= 11 is 0. The van der Waals surface area contributed by atoms with E-state index < -0.39 is 33.3 Å². The SMILES string of the molecule is COCCOC(=O)NS(C)(=O)=Cc1cc(F)cc(Nc2ncc(F)c(-c3ccc(F)cc3OC)n2)c1. The summed E-state index contributed by atoms with van der Waals surface area (Å²) in [5.74, 6) is -2.07. The van der Waals surface area contributed by atoms with Crippen molar-refractivity contribution < 1.29 is 36.4 Å². The van der Waals surface area contributed by atoms with Gasteiger partial charge < -0.3 is 19.5 Å². The molecular formula is C23H23F3N4O5S. The molecule has 0 aliphatic rings. The van der Waals surface area contributed by atoms with Crippen molar-refractivity contribution >= 4 is 32.8 Å². The van der Waals surface area contributed by atoms with Crippen LogP contribution in [0.3, 0.4) is 0 Å². The molecule has 1 aromatic heterocycles. The predicted octanol–water partition coefficient (Wildman–Crippen LogP) is 3.67. The third-order valence-corrected chi connectivity index (χ3v) is 5.80. The molecule has 0 aliphatic carbocycles. The van der Waals surface area contributed by atoms with E-state index in [1.54, 1.807) is 0 Å². The largest absolute Gasteiger partial charge is 0.496 e. The molecule has 1 heterocycles. The number of carbonyl (C=O) groups is 1. The Hall–Kier alpha value is -3.84. The lowest BCUT2D eigenvalue weighted by Crippen LogP contribution is -2.32. The van der Waals surface area contributed by atoms with Crippen LogP contribution in [0.25, 0.3) is 11.3 Å². The van der Waals surface area contributed by atoms with E-state index >= 15 is 0 Å². The fraction of sp³-hybridized carbons (Fsp3) is 0.217. The summed E-state index contributed by atoms with van der Waals surface area (Å²) in [5.41, 5.74) is 0.345. The van der Waals surface area contributed by atoms with Crippen LogP contribution in [0.2, 0.25) is 0 Å². The second-order valence-electron chi connectivity index (χ2n) is 7.39. The van der Waals surface area contributed by atoms with Gasteiger partial charge in [-0.25, -0.2) is 36.9 Å². The van der Waals surface area contributed by atoms with Gasteiger partial charge in [-0.1, -0.05) is 0 Å². The lowest BCUT2D eigenvalue weighted by Gasteiger charge is -2.12. The van der Waals surface area contributed by atoms with E-state index in [4.69, 9.17) is 14.2 Å². The molecule has 0 aliphatic heterocycles. The number of anilines is 2. The smallest absolute Gasteiger partial charge is 0.418 e. The molecule has 36 heavy (non-hydrogen) atoms. The Bertz CT molecular complexity index is 1380. The first-order valence-corrected chi connectivity index (χ1v) is 12.3. The summed E-state index contributed by atoms with van der Waals surface area (Å²) in [6.45, 7) is 0.136. The number of rotatable bonds is 9. The summed E-state index contributed by atoms with van der Waals surface area (Å²) in [7, 11) is -0.355. The molecule has 0 saturated heterocycles. The average molecular weight is 525 g/mol. The summed E-state index contributed by atoms with van der Waals surface area (Å²) in [4.78, 5) is 19.8. The maximum absolute atomic E-state index is 14.5. The summed E-state index contributed by atoms with van der Waals surface area (Å²) in [5, 5.41) is 3.92. The maximum atomic E-state index is 14.5. The molecule has 0 radical (unpaired) electrons. The molecule has 3 rings (SSSR count). The molecule has 1 atom stereocenters. The number of benzene rings is 2. The minimum absolute atomic E-state index is 0.0324. The first kappa shape index (κ1) is 26.8. The molecule has 2 N–H and O–H groups in total. The maximum Gasteiger partial charge on any atom is 0.418 e. The van der Waals surface area contributed by atoms with Crippen LogP contribution in [0.4, 0.5) is 29.6 Å². The van der Waals surface area contributed by atoms with Gasteiger partial charge in [0.25, 0.3) is 0 Å². The quantitative estimate of drug-likeness (QED) is 0.322. The predicted molar refractivity (Wildman–Crippen MR) is 129 cm³/mol. The lowest BCUT2D eigenvalue weighted by molar-refractivity contribution is 0.102. The van der Waals surface area contributed by atoms with E-state index in [2.05, 4.69) is 20.0 Å². The first-order chi connectivity index (χ1) is 17.1. The van der Waals surface area contributed by atoms with Gasteiger partial charge >= 0.3 is 6.09 Å². The van der Waals surface area contributed by atoms with E-state index in [0.717, 1.165) is 30.5 Å². The molecule has 1 amide bonds. The van der Waals surface area contributed by atoms with E-state index in [1.165, 1.54) is 38.0 Å². The van der Waals surface area contributed by atoms with Gasteiger partial charge in [0.1, 0.15) is 29.7 Å². The summed E-state index contributed by atoms with van der Waals surface area (Å²) in [6, 6.07) is 7.17. The number of amides is 1. The summed E-state index contributed by atoms with van der Waals surface area (Å²) in [6.07, 6.45) is 1.22. The van der Waals surface area contributed by atoms with Crippen molar-refractivity contribution in [1.82, 2.24) is 14.7 Å². The summed E-state index contributed by atoms with van der Waals surface area (Å²) < 4.78 is 72.0. The molecule has 0 spiro atoms. The molecule has 2 aromatic carbocycles. The highest BCUT2D eigenvalue weighted by molar-refractivity contribution is 7.99. The Labute approximate surface area is 205 Å². The number of ether oxygens (including phenoxy) is 3. The highest BCUT2D eigenvalue weighted by Gasteiger charge is 2.16. The molecule has 0 saturated carbocycles. The van der Waals surface area contributed by atoms with Crippen molar-refractivity contribution in [1.29, 1.82) is 0 Å². The zero-order chi connectivity index (χ0) is 26.3. The van der Waals surface area contributed by atoms with Gasteiger partial charge in [0.05, 0.1) is 29.6 Å². The van der Waals surface area contributed by atoms with Crippen LogP contribution < -0.4 is 14.8 Å². The van der Waals surface area contributed by atoms with Crippen molar-refractivity contribution in [3.05, 3.63) is 65.6 Å². The van der Waals surface area contributed by atoms with Gasteiger partial charge in [-0.05, 0) is 35.9 Å². The van der Waals surface area contributed by atoms with Gasteiger partial charge in [0.2, 0.25) is 5.95 Å². The van der Waals surface area contributed by atoms with Crippen LogP contribution in [0.15, 0.2) is 42.6 Å². The van der Waals surface area contributed by atoms with Gasteiger partial charge in [-0.15, -0.1) is 0 Å². The van der Waals surface area contributed by atoms with Crippen molar-refractivity contribution in [2.24, 2.45) is 0 Å². The Morgan fingerprint density at radius 2 is 1.86 bits per heavy atom. The third kappa shape index (κ3) is 7.33. The fourth-order valence-electron chi connectivity index (χ4n) is 3.06. The van der Waals surface area contributed by atoms with Gasteiger partial charge in [0, 0.05) is 36.1 Å². The Morgan fingerprint density at radius 1 is 1.08 bits per heavy atom. The Kier molecular flexibility index (Phi) is 8.72. The van der Waals surface area contributed by atoms with Crippen LogP contribution in [0.1, 0.15) is 5.56 Å². The molecule has 3 aromatic rings. The minimum Gasteiger partial charge on any atom is -0.496 e. The van der Waals surface area contributed by atoms with Crippen molar-refractivity contribution in [2.45, 2.75) is 0 Å². The number of carbonyl (C=O) groups excluding carboxylic acids is 1. The molecule has 9 nitrogen and oxygen atoms in total. The first-order valence-electron chi connectivity index (χ1n) is 10.3. The van der Waals surface area contributed by atoms with E-state index in [-0.39, 0.29) is 47.4 Å². The van der Waals surface area contributed by atoms with Crippen LogP contribution in [0, 0.1) is 17.5 Å². The van der Waals surface area contributed by atoms with Crippen molar-refractivity contribution in [2.75, 3.05) is 39.0 Å². The third-order valence-electron chi connectivity index (χ3n) is 4.51. The molecular weight excluding hydrogens is 501 g/mol. The van der Waals surface area contributed by atoms with Gasteiger partial charge in [-0.3, -0.25) is 0 Å². The fourth-order valence-corrected chi connectivity index (χ4v) is 4.16. The minimum atomic E-state index is -3.10.